The average molecular weight is 234 g/mol. The van der Waals surface area contributed by atoms with E-state index >= 15 is 0 Å². The van der Waals surface area contributed by atoms with Crippen LogP contribution >= 0.6 is 0 Å². The molecule has 94 valence electrons. The summed E-state index contributed by atoms with van der Waals surface area (Å²) in [6, 6.07) is 4.12. The van der Waals surface area contributed by atoms with E-state index in [0.717, 1.165) is 18.2 Å². The van der Waals surface area contributed by atoms with Gasteiger partial charge < -0.3 is 10.4 Å². The maximum atomic E-state index is 9.16. The number of hydrogen-bond donors (Lipinski definition) is 2. The fraction of sp³-hybridized carbons (Fsp3) is 0.643. The number of hydrogen-bond acceptors (Lipinski definition) is 3. The van der Waals surface area contributed by atoms with E-state index < -0.39 is 0 Å². The Kier molecular flexibility index (Phi) is 4.37. The quantitative estimate of drug-likeness (QED) is 0.842. The third-order valence-electron chi connectivity index (χ3n) is 3.77. The number of nitrogens with one attached hydrogen (secondary N) is 1. The van der Waals surface area contributed by atoms with Crippen molar-refractivity contribution in [2.24, 2.45) is 5.92 Å². The number of aromatic nitrogens is 1. The highest BCUT2D eigenvalue weighted by Gasteiger charge is 2.19. The Morgan fingerprint density at radius 3 is 2.76 bits per heavy atom. The molecule has 1 aromatic heterocycles. The molecule has 0 spiro atoms. The molecule has 0 amide bonds. The lowest BCUT2D eigenvalue weighted by Crippen LogP contribution is -2.34. The van der Waals surface area contributed by atoms with Crippen LogP contribution in [0.5, 0.6) is 5.75 Å². The predicted octanol–water partition coefficient (Wildman–Crippen LogP) is 2.85. The zero-order chi connectivity index (χ0) is 12.1. The maximum Gasteiger partial charge on any atom is 0.133 e. The molecule has 3 nitrogen and oxygen atoms in total. The summed E-state index contributed by atoms with van der Waals surface area (Å²) in [4.78, 5) is 4.18. The van der Waals surface area contributed by atoms with E-state index in [1.807, 2.05) is 6.07 Å². The molecule has 1 aliphatic rings. The van der Waals surface area contributed by atoms with E-state index in [2.05, 4.69) is 17.2 Å². The molecule has 3 heteroatoms. The topological polar surface area (TPSA) is 45.1 Å². The first-order chi connectivity index (χ1) is 8.25. The van der Waals surface area contributed by atoms with Gasteiger partial charge in [-0.05, 0) is 37.8 Å². The van der Waals surface area contributed by atoms with Crippen LogP contribution in [-0.4, -0.2) is 16.1 Å². The monoisotopic (exact) mass is 234 g/mol. The second-order valence-electron chi connectivity index (χ2n) is 5.08. The van der Waals surface area contributed by atoms with Crippen molar-refractivity contribution in [1.82, 2.24) is 10.3 Å². The van der Waals surface area contributed by atoms with E-state index in [4.69, 9.17) is 5.11 Å². The molecule has 1 unspecified atom stereocenters. The Labute approximate surface area is 103 Å². The third-order valence-corrected chi connectivity index (χ3v) is 3.77. The van der Waals surface area contributed by atoms with Crippen LogP contribution < -0.4 is 5.32 Å². The number of aromatic hydroxyl groups is 1. The lowest BCUT2D eigenvalue weighted by atomic mass is 9.84. The molecule has 0 radical (unpaired) electrons. The fourth-order valence-electron chi connectivity index (χ4n) is 2.59. The Hall–Kier alpha value is -1.09. The van der Waals surface area contributed by atoms with Crippen molar-refractivity contribution in [1.29, 1.82) is 0 Å². The molecule has 2 rings (SSSR count). The molecule has 2 N–H and O–H groups in total. The standard InChI is InChI=1S/C14H22N2O/c1-11(12-5-3-2-4-6-12)15-9-13-7-8-14(17)10-16-13/h7-8,10-12,15,17H,2-6,9H2,1H3. The van der Waals surface area contributed by atoms with E-state index in [9.17, 15) is 0 Å². The third kappa shape index (κ3) is 3.70. The average Bonchev–Trinajstić information content (AvgIpc) is 2.39. The molecular weight excluding hydrogens is 212 g/mol. The summed E-state index contributed by atoms with van der Waals surface area (Å²) in [7, 11) is 0. The predicted molar refractivity (Wildman–Crippen MR) is 68.8 cm³/mol. The second-order valence-corrected chi connectivity index (χ2v) is 5.08. The van der Waals surface area contributed by atoms with E-state index in [1.165, 1.54) is 38.3 Å². The Bertz CT molecular complexity index is 331. The smallest absolute Gasteiger partial charge is 0.133 e. The van der Waals surface area contributed by atoms with Crippen LogP contribution in [0.3, 0.4) is 0 Å². The van der Waals surface area contributed by atoms with Crippen molar-refractivity contribution in [3.05, 3.63) is 24.0 Å². The fourth-order valence-corrected chi connectivity index (χ4v) is 2.59. The van der Waals surface area contributed by atoms with Crippen molar-refractivity contribution in [3.8, 4) is 5.75 Å². The number of rotatable bonds is 4. The molecule has 1 atom stereocenters. The molecule has 1 saturated carbocycles. The van der Waals surface area contributed by atoms with Crippen LogP contribution in [0.15, 0.2) is 18.3 Å². The summed E-state index contributed by atoms with van der Waals surface area (Å²) in [5.74, 6) is 1.05. The zero-order valence-corrected chi connectivity index (χ0v) is 10.5. The van der Waals surface area contributed by atoms with E-state index in [1.54, 1.807) is 6.07 Å². The number of pyridine rings is 1. The molecule has 0 saturated heterocycles. The van der Waals surface area contributed by atoms with Crippen molar-refractivity contribution >= 4 is 0 Å². The Morgan fingerprint density at radius 1 is 1.35 bits per heavy atom. The van der Waals surface area contributed by atoms with Gasteiger partial charge in [-0.2, -0.15) is 0 Å². The number of nitrogens with zero attached hydrogens (tertiary/aromatic N) is 1. The SMILES string of the molecule is CC(NCc1ccc(O)cn1)C1CCCCC1. The molecule has 0 aliphatic heterocycles. The summed E-state index contributed by atoms with van der Waals surface area (Å²) in [5, 5.41) is 12.7. The van der Waals surface area contributed by atoms with Gasteiger partial charge in [-0.3, -0.25) is 4.98 Å². The molecule has 0 bridgehead atoms. The summed E-state index contributed by atoms with van der Waals surface area (Å²) in [6.07, 6.45) is 8.39. The molecule has 1 fully saturated rings. The van der Waals surface area contributed by atoms with Gasteiger partial charge in [0.15, 0.2) is 0 Å². The zero-order valence-electron chi connectivity index (χ0n) is 10.5. The van der Waals surface area contributed by atoms with Crippen LogP contribution in [-0.2, 0) is 6.54 Å². The van der Waals surface area contributed by atoms with Gasteiger partial charge >= 0.3 is 0 Å². The van der Waals surface area contributed by atoms with Gasteiger partial charge in [0, 0.05) is 12.6 Å². The van der Waals surface area contributed by atoms with Crippen LogP contribution in [0.1, 0.15) is 44.7 Å². The van der Waals surface area contributed by atoms with Gasteiger partial charge in [0.1, 0.15) is 5.75 Å². The van der Waals surface area contributed by atoms with E-state index in [-0.39, 0.29) is 5.75 Å². The second kappa shape index (κ2) is 6.01. The lowest BCUT2D eigenvalue weighted by molar-refractivity contribution is 0.280. The summed E-state index contributed by atoms with van der Waals surface area (Å²) >= 11 is 0. The van der Waals surface area contributed by atoms with Crippen LogP contribution in [0.4, 0.5) is 0 Å². The molecule has 17 heavy (non-hydrogen) atoms. The summed E-state index contributed by atoms with van der Waals surface area (Å²) < 4.78 is 0. The molecule has 1 aliphatic carbocycles. The minimum Gasteiger partial charge on any atom is -0.506 e. The minimum atomic E-state index is 0.231. The first-order valence-electron chi connectivity index (χ1n) is 6.63. The normalized spacial score (nSPS) is 19.1. The summed E-state index contributed by atoms with van der Waals surface area (Å²) in [6.45, 7) is 3.06. The van der Waals surface area contributed by atoms with Crippen molar-refractivity contribution in [2.75, 3.05) is 0 Å². The highest BCUT2D eigenvalue weighted by Crippen LogP contribution is 2.26. The largest absolute Gasteiger partial charge is 0.506 e. The van der Waals surface area contributed by atoms with Gasteiger partial charge in [0.2, 0.25) is 0 Å². The van der Waals surface area contributed by atoms with E-state index in [0.29, 0.717) is 6.04 Å². The van der Waals surface area contributed by atoms with Gasteiger partial charge in [0.05, 0.1) is 11.9 Å². The van der Waals surface area contributed by atoms with Gasteiger partial charge in [0.25, 0.3) is 0 Å². The molecular formula is C14H22N2O. The van der Waals surface area contributed by atoms with Crippen LogP contribution in [0, 0.1) is 5.92 Å². The molecule has 0 aromatic carbocycles. The molecule has 1 aromatic rings. The highest BCUT2D eigenvalue weighted by atomic mass is 16.3. The maximum absolute atomic E-state index is 9.16. The first-order valence-corrected chi connectivity index (χ1v) is 6.63. The highest BCUT2D eigenvalue weighted by molar-refractivity contribution is 5.17. The minimum absolute atomic E-state index is 0.231. The lowest BCUT2D eigenvalue weighted by Gasteiger charge is -2.28. The molecule has 1 heterocycles. The van der Waals surface area contributed by atoms with Gasteiger partial charge in [-0.25, -0.2) is 0 Å². The Balaban J connectivity index is 1.78. The first kappa shape index (κ1) is 12.4. The van der Waals surface area contributed by atoms with Crippen molar-refractivity contribution < 1.29 is 5.11 Å². The Morgan fingerprint density at radius 2 is 2.12 bits per heavy atom. The van der Waals surface area contributed by atoms with Crippen molar-refractivity contribution in [2.45, 2.75) is 51.6 Å². The van der Waals surface area contributed by atoms with Crippen molar-refractivity contribution in [3.63, 3.8) is 0 Å². The van der Waals surface area contributed by atoms with Gasteiger partial charge in [-0.1, -0.05) is 19.3 Å². The van der Waals surface area contributed by atoms with Crippen LogP contribution in [0.2, 0.25) is 0 Å². The summed E-state index contributed by atoms with van der Waals surface area (Å²) in [5.41, 5.74) is 0.991. The van der Waals surface area contributed by atoms with Gasteiger partial charge in [-0.15, -0.1) is 0 Å². The van der Waals surface area contributed by atoms with Crippen LogP contribution in [0.25, 0.3) is 0 Å².